The maximum absolute atomic E-state index is 13.1. The molecule has 0 bridgehead atoms. The quantitative estimate of drug-likeness (QED) is 0.489. The Balaban J connectivity index is 1.73. The summed E-state index contributed by atoms with van der Waals surface area (Å²) in [6.45, 7) is 3.85. The van der Waals surface area contributed by atoms with Gasteiger partial charge in [0, 0.05) is 6.54 Å². The molecule has 2 amide bonds. The normalized spacial score (nSPS) is 12.0. The second-order valence-electron chi connectivity index (χ2n) is 8.10. The molecule has 0 spiro atoms. The lowest BCUT2D eigenvalue weighted by atomic mass is 10.1. The van der Waals surface area contributed by atoms with Crippen LogP contribution in [0.15, 0.2) is 78.9 Å². The van der Waals surface area contributed by atoms with E-state index in [9.17, 15) is 18.0 Å². The number of rotatable bonds is 9. The second-order valence-corrected chi connectivity index (χ2v) is 9.96. The van der Waals surface area contributed by atoms with Gasteiger partial charge in [-0.3, -0.25) is 13.9 Å². The molecule has 0 aliphatic rings. The zero-order chi connectivity index (χ0) is 24.7. The molecule has 7 nitrogen and oxygen atoms in total. The van der Waals surface area contributed by atoms with Crippen molar-refractivity contribution in [2.45, 2.75) is 26.3 Å². The van der Waals surface area contributed by atoms with E-state index >= 15 is 0 Å². The molecule has 3 aromatic carbocycles. The summed E-state index contributed by atoms with van der Waals surface area (Å²) in [5.74, 6) is -0.867. The van der Waals surface area contributed by atoms with Gasteiger partial charge in [0.15, 0.2) is 0 Å². The number of amides is 2. The molecule has 3 aromatic rings. The molecule has 0 fully saturated rings. The third kappa shape index (κ3) is 6.45. The highest BCUT2D eigenvalue weighted by Gasteiger charge is 2.29. The third-order valence-electron chi connectivity index (χ3n) is 5.35. The molecule has 0 unspecified atom stereocenters. The molecule has 178 valence electrons. The lowest BCUT2D eigenvalue weighted by Crippen LogP contribution is -2.45. The highest BCUT2D eigenvalue weighted by Crippen LogP contribution is 2.23. The number of benzene rings is 3. The first-order chi connectivity index (χ1) is 16.2. The standard InChI is InChI=1S/C26H29N3O4S/c1-19-13-15-22(16-14-19)29(34(3,32)33)20(2)25(30)28-24-12-8-7-11-23(24)26(31)27-18-17-21-9-5-4-6-10-21/h4-16,20H,17-18H2,1-3H3,(H,27,31)(H,28,30)/t20-/m1/s1. The summed E-state index contributed by atoms with van der Waals surface area (Å²) in [7, 11) is -3.74. The van der Waals surface area contributed by atoms with Crippen molar-refractivity contribution in [3.63, 3.8) is 0 Å². The highest BCUT2D eigenvalue weighted by atomic mass is 32.2. The molecule has 8 heteroatoms. The van der Waals surface area contributed by atoms with Crippen LogP contribution in [0, 0.1) is 6.92 Å². The number of sulfonamides is 1. The molecule has 3 rings (SSSR count). The van der Waals surface area contributed by atoms with Gasteiger partial charge >= 0.3 is 0 Å². The van der Waals surface area contributed by atoms with Crippen LogP contribution in [-0.4, -0.2) is 39.1 Å². The lowest BCUT2D eigenvalue weighted by molar-refractivity contribution is -0.116. The fraction of sp³-hybridized carbons (Fsp3) is 0.231. The van der Waals surface area contributed by atoms with Gasteiger partial charge in [-0.1, -0.05) is 60.2 Å². The summed E-state index contributed by atoms with van der Waals surface area (Å²) in [5.41, 5.74) is 3.09. The van der Waals surface area contributed by atoms with Crippen LogP contribution in [0.2, 0.25) is 0 Å². The summed E-state index contributed by atoms with van der Waals surface area (Å²) in [4.78, 5) is 25.9. The van der Waals surface area contributed by atoms with Gasteiger partial charge in [-0.2, -0.15) is 0 Å². The third-order valence-corrected chi connectivity index (χ3v) is 6.59. The van der Waals surface area contributed by atoms with Gasteiger partial charge in [0.1, 0.15) is 6.04 Å². The molecule has 1 atom stereocenters. The van der Waals surface area contributed by atoms with Gasteiger partial charge in [0.25, 0.3) is 5.91 Å². The Morgan fingerprint density at radius 3 is 2.18 bits per heavy atom. The summed E-state index contributed by atoms with van der Waals surface area (Å²) >= 11 is 0. The van der Waals surface area contributed by atoms with Crippen LogP contribution in [0.3, 0.4) is 0 Å². The van der Waals surface area contributed by atoms with Gasteiger partial charge in [0.2, 0.25) is 15.9 Å². The Morgan fingerprint density at radius 1 is 0.912 bits per heavy atom. The Kier molecular flexibility index (Phi) is 8.07. The van der Waals surface area contributed by atoms with Crippen LogP contribution in [0.25, 0.3) is 0 Å². The van der Waals surface area contributed by atoms with Crippen LogP contribution in [0.4, 0.5) is 11.4 Å². The van der Waals surface area contributed by atoms with E-state index in [1.807, 2.05) is 37.3 Å². The molecule has 0 aromatic heterocycles. The summed E-state index contributed by atoms with van der Waals surface area (Å²) in [6.07, 6.45) is 1.74. The number of hydrogen-bond acceptors (Lipinski definition) is 4. The van der Waals surface area contributed by atoms with Crippen molar-refractivity contribution in [3.05, 3.63) is 95.6 Å². The number of carbonyl (C=O) groups is 2. The molecular weight excluding hydrogens is 450 g/mol. The molecule has 0 saturated carbocycles. The van der Waals surface area contributed by atoms with Gasteiger partial charge in [-0.25, -0.2) is 8.42 Å². The fourth-order valence-corrected chi connectivity index (χ4v) is 4.76. The summed E-state index contributed by atoms with van der Waals surface area (Å²) in [6, 6.07) is 22.3. The maximum atomic E-state index is 13.1. The number of hydrogen-bond donors (Lipinski definition) is 2. The van der Waals surface area contributed by atoms with E-state index in [1.165, 1.54) is 6.92 Å². The Bertz CT molecular complexity index is 1240. The van der Waals surface area contributed by atoms with E-state index in [4.69, 9.17) is 0 Å². The molecular formula is C26H29N3O4S. The van der Waals surface area contributed by atoms with E-state index in [-0.39, 0.29) is 5.91 Å². The van der Waals surface area contributed by atoms with Crippen molar-refractivity contribution < 1.29 is 18.0 Å². The van der Waals surface area contributed by atoms with Crippen LogP contribution in [0.1, 0.15) is 28.4 Å². The Morgan fingerprint density at radius 2 is 1.53 bits per heavy atom. The molecule has 0 radical (unpaired) electrons. The predicted molar refractivity (Wildman–Crippen MR) is 136 cm³/mol. The van der Waals surface area contributed by atoms with E-state index < -0.39 is 22.0 Å². The maximum Gasteiger partial charge on any atom is 0.253 e. The van der Waals surface area contributed by atoms with E-state index in [0.717, 1.165) is 21.7 Å². The number of nitrogens with one attached hydrogen (secondary N) is 2. The van der Waals surface area contributed by atoms with Gasteiger partial charge in [-0.15, -0.1) is 0 Å². The van der Waals surface area contributed by atoms with Gasteiger partial charge < -0.3 is 10.6 Å². The number of aryl methyl sites for hydroxylation is 1. The number of carbonyl (C=O) groups excluding carboxylic acids is 2. The minimum Gasteiger partial charge on any atom is -0.352 e. The minimum atomic E-state index is -3.74. The largest absolute Gasteiger partial charge is 0.352 e. The van der Waals surface area contributed by atoms with Crippen LogP contribution < -0.4 is 14.9 Å². The number of para-hydroxylation sites is 1. The van der Waals surface area contributed by atoms with E-state index in [2.05, 4.69) is 10.6 Å². The average Bonchev–Trinajstić information content (AvgIpc) is 2.80. The van der Waals surface area contributed by atoms with E-state index in [1.54, 1.807) is 48.5 Å². The first kappa shape index (κ1) is 25.0. The van der Waals surface area contributed by atoms with Crippen molar-refractivity contribution in [2.75, 3.05) is 22.4 Å². The van der Waals surface area contributed by atoms with Crippen molar-refractivity contribution >= 4 is 33.2 Å². The lowest BCUT2D eigenvalue weighted by Gasteiger charge is -2.28. The first-order valence-electron chi connectivity index (χ1n) is 10.9. The minimum absolute atomic E-state index is 0.303. The highest BCUT2D eigenvalue weighted by molar-refractivity contribution is 7.92. The van der Waals surface area contributed by atoms with Crippen LogP contribution in [-0.2, 0) is 21.2 Å². The number of nitrogens with zero attached hydrogens (tertiary/aromatic N) is 1. The van der Waals surface area contributed by atoms with Gasteiger partial charge in [-0.05, 0) is 50.1 Å². The average molecular weight is 480 g/mol. The molecule has 0 aliphatic heterocycles. The summed E-state index contributed by atoms with van der Waals surface area (Å²) < 4.78 is 26.1. The molecule has 2 N–H and O–H groups in total. The zero-order valence-electron chi connectivity index (χ0n) is 19.5. The monoisotopic (exact) mass is 479 g/mol. The molecule has 0 saturated heterocycles. The van der Waals surface area contributed by atoms with Crippen molar-refractivity contribution in [2.24, 2.45) is 0 Å². The van der Waals surface area contributed by atoms with Crippen molar-refractivity contribution in [1.82, 2.24) is 5.32 Å². The predicted octanol–water partition coefficient (Wildman–Crippen LogP) is 3.76. The Hall–Kier alpha value is -3.65. The van der Waals surface area contributed by atoms with Crippen molar-refractivity contribution in [3.8, 4) is 0 Å². The fourth-order valence-electron chi connectivity index (χ4n) is 3.59. The smallest absolute Gasteiger partial charge is 0.253 e. The SMILES string of the molecule is Cc1ccc(N([C@H](C)C(=O)Nc2ccccc2C(=O)NCCc2ccccc2)S(C)(=O)=O)cc1. The number of anilines is 2. The Labute approximate surface area is 200 Å². The topological polar surface area (TPSA) is 95.6 Å². The first-order valence-corrected chi connectivity index (χ1v) is 12.8. The second kappa shape index (κ2) is 11.0. The van der Waals surface area contributed by atoms with Gasteiger partial charge in [0.05, 0.1) is 23.2 Å². The molecule has 34 heavy (non-hydrogen) atoms. The van der Waals surface area contributed by atoms with Crippen molar-refractivity contribution in [1.29, 1.82) is 0 Å². The van der Waals surface area contributed by atoms with E-state index in [0.29, 0.717) is 29.9 Å². The molecule has 0 aliphatic carbocycles. The van der Waals surface area contributed by atoms with Crippen LogP contribution >= 0.6 is 0 Å². The molecule has 0 heterocycles. The van der Waals surface area contributed by atoms with Crippen LogP contribution in [0.5, 0.6) is 0 Å². The zero-order valence-corrected chi connectivity index (χ0v) is 20.3. The summed E-state index contributed by atoms with van der Waals surface area (Å²) in [5, 5.41) is 5.60.